The van der Waals surface area contributed by atoms with E-state index in [1.54, 1.807) is 25.7 Å². The summed E-state index contributed by atoms with van der Waals surface area (Å²) in [6, 6.07) is 0. The first-order chi connectivity index (χ1) is 4.33. The third-order valence-electron chi connectivity index (χ3n) is 4.29. The standard InChI is InChI=1S/C8H13B/c9-7-3-5-1-2-8(5)4-6(7)8/h5-7H,1-4,9H2. The van der Waals surface area contributed by atoms with Crippen molar-refractivity contribution >= 4 is 7.85 Å². The minimum atomic E-state index is 0.972. The van der Waals surface area contributed by atoms with Crippen LogP contribution in [0, 0.1) is 17.3 Å². The molecule has 4 atom stereocenters. The summed E-state index contributed by atoms with van der Waals surface area (Å²) in [5, 5.41) is 0. The zero-order valence-corrected chi connectivity index (χ0v) is 6.06. The number of hydrogen-bond acceptors (Lipinski definition) is 0. The molecule has 1 heteroatoms. The van der Waals surface area contributed by atoms with Crippen LogP contribution in [0.4, 0.5) is 0 Å². The van der Waals surface area contributed by atoms with Gasteiger partial charge in [-0.2, -0.15) is 0 Å². The molecule has 0 aromatic carbocycles. The molecule has 9 heavy (non-hydrogen) atoms. The highest BCUT2D eigenvalue weighted by Crippen LogP contribution is 2.78. The molecule has 0 radical (unpaired) electrons. The highest BCUT2D eigenvalue weighted by molar-refractivity contribution is 6.12. The molecular weight excluding hydrogens is 107 g/mol. The quantitative estimate of drug-likeness (QED) is 0.421. The van der Waals surface area contributed by atoms with E-state index in [0.29, 0.717) is 0 Å². The van der Waals surface area contributed by atoms with Crippen molar-refractivity contribution in [1.29, 1.82) is 0 Å². The largest absolute Gasteiger partial charge is 0.105 e. The van der Waals surface area contributed by atoms with E-state index in [-0.39, 0.29) is 0 Å². The first kappa shape index (κ1) is 4.82. The second kappa shape index (κ2) is 1.11. The molecule has 0 aliphatic heterocycles. The molecule has 0 bridgehead atoms. The highest BCUT2D eigenvalue weighted by atomic mass is 14.7. The maximum atomic E-state index is 2.46. The van der Waals surface area contributed by atoms with Crippen LogP contribution in [-0.2, 0) is 0 Å². The monoisotopic (exact) mass is 120 g/mol. The van der Waals surface area contributed by atoms with Gasteiger partial charge in [0.25, 0.3) is 0 Å². The molecule has 3 aliphatic rings. The predicted molar refractivity (Wildman–Crippen MR) is 40.2 cm³/mol. The van der Waals surface area contributed by atoms with E-state index in [1.165, 1.54) is 11.8 Å². The Hall–Kier alpha value is 0.0649. The Labute approximate surface area is 57.4 Å². The fraction of sp³-hybridized carbons (Fsp3) is 1.00. The average Bonchev–Trinajstić information content (AvgIpc) is 2.50. The van der Waals surface area contributed by atoms with Gasteiger partial charge < -0.3 is 0 Å². The van der Waals surface area contributed by atoms with Crippen molar-refractivity contribution in [3.63, 3.8) is 0 Å². The summed E-state index contributed by atoms with van der Waals surface area (Å²) in [7, 11) is 2.46. The van der Waals surface area contributed by atoms with Gasteiger partial charge in [0, 0.05) is 0 Å². The fourth-order valence-corrected chi connectivity index (χ4v) is 3.56. The van der Waals surface area contributed by atoms with Crippen LogP contribution >= 0.6 is 0 Å². The molecule has 0 saturated heterocycles. The van der Waals surface area contributed by atoms with Crippen molar-refractivity contribution in [2.24, 2.45) is 17.3 Å². The zero-order chi connectivity index (χ0) is 6.06. The molecule has 48 valence electrons. The van der Waals surface area contributed by atoms with E-state index in [4.69, 9.17) is 0 Å². The Morgan fingerprint density at radius 1 is 1.44 bits per heavy atom. The molecule has 3 aliphatic carbocycles. The van der Waals surface area contributed by atoms with Crippen LogP contribution in [0.25, 0.3) is 0 Å². The van der Waals surface area contributed by atoms with E-state index < -0.39 is 0 Å². The van der Waals surface area contributed by atoms with Crippen LogP contribution in [-0.4, -0.2) is 7.85 Å². The normalized spacial score (nSPS) is 68.2. The van der Waals surface area contributed by atoms with Crippen molar-refractivity contribution in [1.82, 2.24) is 0 Å². The van der Waals surface area contributed by atoms with Crippen molar-refractivity contribution in [3.8, 4) is 0 Å². The smallest absolute Gasteiger partial charge is 0.0661 e. The average molecular weight is 120 g/mol. The Morgan fingerprint density at radius 2 is 2.33 bits per heavy atom. The van der Waals surface area contributed by atoms with Gasteiger partial charge in [-0.3, -0.25) is 0 Å². The van der Waals surface area contributed by atoms with Crippen molar-refractivity contribution in [2.45, 2.75) is 31.5 Å². The first-order valence-electron chi connectivity index (χ1n) is 4.33. The zero-order valence-electron chi connectivity index (χ0n) is 6.06. The Balaban J connectivity index is 1.97. The lowest BCUT2D eigenvalue weighted by Crippen LogP contribution is -2.24. The maximum Gasteiger partial charge on any atom is 0.105 e. The molecule has 0 N–H and O–H groups in total. The van der Waals surface area contributed by atoms with Crippen LogP contribution in [0.1, 0.15) is 25.7 Å². The second-order valence-electron chi connectivity index (χ2n) is 4.49. The molecule has 3 rings (SSSR count). The maximum absolute atomic E-state index is 2.46. The van der Waals surface area contributed by atoms with Gasteiger partial charge in [-0.15, -0.1) is 0 Å². The molecule has 0 amide bonds. The van der Waals surface area contributed by atoms with Crippen LogP contribution in [0.5, 0.6) is 0 Å². The summed E-state index contributed by atoms with van der Waals surface area (Å²) >= 11 is 0. The van der Waals surface area contributed by atoms with E-state index in [0.717, 1.165) is 11.2 Å². The van der Waals surface area contributed by atoms with Crippen LogP contribution in [0.15, 0.2) is 0 Å². The lowest BCUT2D eigenvalue weighted by atomic mass is 9.71. The predicted octanol–water partition coefficient (Wildman–Crippen LogP) is 1.23. The highest BCUT2D eigenvalue weighted by Gasteiger charge is 2.68. The Morgan fingerprint density at radius 3 is 2.56 bits per heavy atom. The molecule has 1 spiro atoms. The molecule has 0 nitrogen and oxygen atoms in total. The Bertz CT molecular complexity index is 162. The van der Waals surface area contributed by atoms with Gasteiger partial charge in [-0.05, 0) is 36.5 Å². The second-order valence-corrected chi connectivity index (χ2v) is 4.49. The molecule has 4 unspecified atom stereocenters. The van der Waals surface area contributed by atoms with E-state index >= 15 is 0 Å². The summed E-state index contributed by atoms with van der Waals surface area (Å²) in [6.45, 7) is 0. The van der Waals surface area contributed by atoms with E-state index in [9.17, 15) is 0 Å². The minimum absolute atomic E-state index is 0.972. The summed E-state index contributed by atoms with van der Waals surface area (Å²) in [5.74, 6) is 3.48. The third kappa shape index (κ3) is 0.351. The molecular formula is C8H13B. The molecule has 0 aromatic rings. The van der Waals surface area contributed by atoms with Crippen molar-refractivity contribution in [2.75, 3.05) is 0 Å². The molecule has 0 heterocycles. The van der Waals surface area contributed by atoms with Gasteiger partial charge in [0.1, 0.15) is 7.85 Å². The first-order valence-corrected chi connectivity index (χ1v) is 4.33. The SMILES string of the molecule is BC1CC2CCC23CC13. The van der Waals surface area contributed by atoms with Gasteiger partial charge in [0.05, 0.1) is 0 Å². The van der Waals surface area contributed by atoms with Gasteiger partial charge in [-0.25, -0.2) is 0 Å². The lowest BCUT2D eigenvalue weighted by Gasteiger charge is -2.34. The van der Waals surface area contributed by atoms with Gasteiger partial charge in [0.2, 0.25) is 0 Å². The van der Waals surface area contributed by atoms with Crippen LogP contribution in [0.2, 0.25) is 5.82 Å². The molecule has 3 saturated carbocycles. The van der Waals surface area contributed by atoms with Gasteiger partial charge in [0.15, 0.2) is 0 Å². The topological polar surface area (TPSA) is 0 Å². The lowest BCUT2D eigenvalue weighted by molar-refractivity contribution is 0.165. The van der Waals surface area contributed by atoms with Gasteiger partial charge in [-0.1, -0.05) is 12.2 Å². The third-order valence-corrected chi connectivity index (χ3v) is 4.29. The molecule has 0 aromatic heterocycles. The Kier molecular flexibility index (Phi) is 0.593. The summed E-state index contributed by atoms with van der Waals surface area (Å²) < 4.78 is 0. The summed E-state index contributed by atoms with van der Waals surface area (Å²) in [6.07, 6.45) is 6.34. The van der Waals surface area contributed by atoms with Crippen molar-refractivity contribution < 1.29 is 0 Å². The van der Waals surface area contributed by atoms with Gasteiger partial charge >= 0.3 is 0 Å². The van der Waals surface area contributed by atoms with E-state index in [2.05, 4.69) is 7.85 Å². The number of hydrogen-bond donors (Lipinski definition) is 0. The van der Waals surface area contributed by atoms with Crippen LogP contribution < -0.4 is 0 Å². The van der Waals surface area contributed by atoms with Crippen LogP contribution in [0.3, 0.4) is 0 Å². The van der Waals surface area contributed by atoms with E-state index in [1.807, 2.05) is 0 Å². The molecule has 3 fully saturated rings. The summed E-state index contributed by atoms with van der Waals surface area (Å²) in [4.78, 5) is 0. The number of rotatable bonds is 0. The van der Waals surface area contributed by atoms with Crippen molar-refractivity contribution in [3.05, 3.63) is 0 Å². The summed E-state index contributed by atoms with van der Waals surface area (Å²) in [5.41, 5.74) is 0.972. The minimum Gasteiger partial charge on any atom is -0.0661 e. The fourth-order valence-electron chi connectivity index (χ4n) is 3.56.